The van der Waals surface area contributed by atoms with Crippen LogP contribution in [0, 0.1) is 6.92 Å². The molecule has 0 unspecified atom stereocenters. The Balaban J connectivity index is 3.09. The van der Waals surface area contributed by atoms with Crippen LogP contribution in [0.15, 0.2) is 11.1 Å². The molecule has 0 aliphatic carbocycles. The monoisotopic (exact) mass is 275 g/mol. The zero-order chi connectivity index (χ0) is 14.6. The van der Waals surface area contributed by atoms with E-state index in [1.807, 2.05) is 0 Å². The first-order valence-electron chi connectivity index (χ1n) is 5.52. The van der Waals surface area contributed by atoms with E-state index >= 15 is 0 Å². The molecule has 0 bridgehead atoms. The number of hydrogen-bond acceptors (Lipinski definition) is 4. The van der Waals surface area contributed by atoms with Crippen LogP contribution in [-0.4, -0.2) is 17.9 Å². The van der Waals surface area contributed by atoms with Crippen LogP contribution in [0.4, 0.5) is 19.0 Å². The van der Waals surface area contributed by atoms with E-state index in [-0.39, 0.29) is 17.9 Å². The van der Waals surface area contributed by atoms with Crippen molar-refractivity contribution in [1.29, 1.82) is 0 Å². The first kappa shape index (κ1) is 15.2. The lowest BCUT2D eigenvalue weighted by atomic mass is 10.1. The van der Waals surface area contributed by atoms with E-state index < -0.39 is 11.9 Å². The Kier molecular flexibility index (Phi) is 4.71. The Morgan fingerprint density at radius 1 is 1.47 bits per heavy atom. The maximum Gasteiger partial charge on any atom is 0.433 e. The fraction of sp³-hybridized carbons (Fsp3) is 0.455. The summed E-state index contributed by atoms with van der Waals surface area (Å²) in [5.41, 5.74) is 10.3. The quantitative estimate of drug-likeness (QED) is 0.445. The summed E-state index contributed by atoms with van der Waals surface area (Å²) in [6.45, 7) is 3.16. The Morgan fingerprint density at radius 2 is 2.11 bits per heavy atom. The van der Waals surface area contributed by atoms with Crippen molar-refractivity contribution in [2.24, 2.45) is 4.99 Å². The molecule has 1 aromatic rings. The Hall–Kier alpha value is -1.83. The maximum atomic E-state index is 12.8. The van der Waals surface area contributed by atoms with Crippen molar-refractivity contribution in [3.8, 4) is 0 Å². The minimum absolute atomic E-state index is 0.0442. The number of anilines is 1. The molecule has 0 aliphatic heterocycles. The zero-order valence-electron chi connectivity index (χ0n) is 10.9. The minimum Gasteiger partial charge on any atom is -0.384 e. The molecule has 5 nitrogen and oxygen atoms in total. The van der Waals surface area contributed by atoms with Gasteiger partial charge in [0.15, 0.2) is 0 Å². The minimum atomic E-state index is -4.52. The van der Waals surface area contributed by atoms with E-state index in [1.54, 1.807) is 14.0 Å². The lowest BCUT2D eigenvalue weighted by molar-refractivity contribution is -0.141. The van der Waals surface area contributed by atoms with Crippen molar-refractivity contribution < 1.29 is 13.2 Å². The molecule has 1 aromatic heterocycles. The molecule has 0 aliphatic rings. The number of rotatable bonds is 3. The number of hydrazine groups is 1. The summed E-state index contributed by atoms with van der Waals surface area (Å²) in [5, 5.41) is 0. The van der Waals surface area contributed by atoms with E-state index in [0.717, 1.165) is 0 Å². The molecule has 0 fully saturated rings. The number of nitrogens with zero attached hydrogens (tertiary/aromatic N) is 2. The predicted molar refractivity (Wildman–Crippen MR) is 67.4 cm³/mol. The standard InChI is InChI=1S/C11H16F3N5/c1-6-8(5-17-7(2)19-16-3)4-9(15)18-10(6)11(12,13)14/h4,16H,5H2,1-3H3,(H2,15,18)(H,17,19). The number of hydrogen-bond donors (Lipinski definition) is 3. The van der Waals surface area contributed by atoms with Gasteiger partial charge in [0.1, 0.15) is 17.3 Å². The van der Waals surface area contributed by atoms with Gasteiger partial charge in [0.25, 0.3) is 0 Å². The lowest BCUT2D eigenvalue weighted by Gasteiger charge is -2.13. The molecule has 1 rings (SSSR count). The van der Waals surface area contributed by atoms with Crippen LogP contribution in [0.2, 0.25) is 0 Å². The van der Waals surface area contributed by atoms with E-state index in [4.69, 9.17) is 5.73 Å². The number of halogens is 3. The van der Waals surface area contributed by atoms with Gasteiger partial charge < -0.3 is 11.2 Å². The first-order chi connectivity index (χ1) is 8.75. The number of alkyl halides is 3. The van der Waals surface area contributed by atoms with Gasteiger partial charge >= 0.3 is 6.18 Å². The van der Waals surface area contributed by atoms with E-state index in [1.165, 1.54) is 13.0 Å². The van der Waals surface area contributed by atoms with Crippen LogP contribution in [-0.2, 0) is 12.7 Å². The number of amidine groups is 1. The third kappa shape index (κ3) is 4.09. The van der Waals surface area contributed by atoms with Gasteiger partial charge in [-0.2, -0.15) is 13.2 Å². The van der Waals surface area contributed by atoms with Crippen molar-refractivity contribution in [3.63, 3.8) is 0 Å². The molecule has 8 heteroatoms. The van der Waals surface area contributed by atoms with Crippen LogP contribution in [0.3, 0.4) is 0 Å². The smallest absolute Gasteiger partial charge is 0.384 e. The van der Waals surface area contributed by atoms with E-state index in [9.17, 15) is 13.2 Å². The SMILES string of the molecule is CNNC(C)=NCc1cc(N)nc(C(F)(F)F)c1C. The molecular weight excluding hydrogens is 259 g/mol. The average Bonchev–Trinajstić information content (AvgIpc) is 2.28. The van der Waals surface area contributed by atoms with Crippen molar-refractivity contribution in [2.75, 3.05) is 12.8 Å². The normalized spacial score (nSPS) is 12.6. The van der Waals surface area contributed by atoms with Crippen molar-refractivity contribution >= 4 is 11.7 Å². The topological polar surface area (TPSA) is 75.3 Å². The van der Waals surface area contributed by atoms with Gasteiger partial charge in [-0.25, -0.2) is 10.4 Å². The zero-order valence-corrected chi connectivity index (χ0v) is 10.9. The molecule has 106 valence electrons. The highest BCUT2D eigenvalue weighted by Gasteiger charge is 2.35. The summed E-state index contributed by atoms with van der Waals surface area (Å²) in [7, 11) is 1.66. The largest absolute Gasteiger partial charge is 0.433 e. The second kappa shape index (κ2) is 5.87. The van der Waals surface area contributed by atoms with Crippen LogP contribution in [0.5, 0.6) is 0 Å². The molecule has 0 saturated carbocycles. The second-order valence-electron chi connectivity index (χ2n) is 3.95. The number of nitrogens with two attached hydrogens (primary N) is 1. The van der Waals surface area contributed by atoms with Crippen LogP contribution in [0.25, 0.3) is 0 Å². The highest BCUT2D eigenvalue weighted by molar-refractivity contribution is 5.78. The molecule has 0 spiro atoms. The average molecular weight is 275 g/mol. The lowest BCUT2D eigenvalue weighted by Crippen LogP contribution is -2.32. The van der Waals surface area contributed by atoms with E-state index in [0.29, 0.717) is 11.4 Å². The van der Waals surface area contributed by atoms with Gasteiger partial charge in [0.2, 0.25) is 0 Å². The fourth-order valence-electron chi connectivity index (χ4n) is 1.55. The third-order valence-electron chi connectivity index (χ3n) is 2.46. The summed E-state index contributed by atoms with van der Waals surface area (Å²) < 4.78 is 38.3. The fourth-order valence-corrected chi connectivity index (χ4v) is 1.55. The summed E-state index contributed by atoms with van der Waals surface area (Å²) in [6, 6.07) is 1.40. The van der Waals surface area contributed by atoms with E-state index in [2.05, 4.69) is 20.8 Å². The second-order valence-corrected chi connectivity index (χ2v) is 3.95. The van der Waals surface area contributed by atoms with Crippen LogP contribution in [0.1, 0.15) is 23.7 Å². The predicted octanol–water partition coefficient (Wildman–Crippen LogP) is 1.63. The number of nitrogens with one attached hydrogen (secondary N) is 2. The molecule has 19 heavy (non-hydrogen) atoms. The van der Waals surface area contributed by atoms with Gasteiger partial charge in [-0.3, -0.25) is 4.99 Å². The molecule has 0 amide bonds. The van der Waals surface area contributed by atoms with Gasteiger partial charge in [-0.15, -0.1) is 0 Å². The Labute approximate surface area is 109 Å². The number of aliphatic imine (C=N–C) groups is 1. The molecule has 0 saturated heterocycles. The molecule has 1 heterocycles. The van der Waals surface area contributed by atoms with Crippen LogP contribution < -0.4 is 16.6 Å². The highest BCUT2D eigenvalue weighted by atomic mass is 19.4. The third-order valence-corrected chi connectivity index (χ3v) is 2.46. The van der Waals surface area contributed by atoms with Gasteiger partial charge in [0.05, 0.1) is 6.54 Å². The molecule has 0 atom stereocenters. The van der Waals surface area contributed by atoms with Crippen molar-refractivity contribution in [3.05, 3.63) is 22.9 Å². The summed E-state index contributed by atoms with van der Waals surface area (Å²) in [6.07, 6.45) is -4.52. The highest BCUT2D eigenvalue weighted by Crippen LogP contribution is 2.32. The maximum absolute atomic E-state index is 12.8. The number of pyridine rings is 1. The van der Waals surface area contributed by atoms with Gasteiger partial charge in [-0.1, -0.05) is 0 Å². The summed E-state index contributed by atoms with van der Waals surface area (Å²) >= 11 is 0. The van der Waals surface area contributed by atoms with Crippen LogP contribution >= 0.6 is 0 Å². The molecular formula is C11H16F3N5. The Bertz CT molecular complexity index is 482. The Morgan fingerprint density at radius 3 is 2.63 bits per heavy atom. The molecule has 4 N–H and O–H groups in total. The van der Waals surface area contributed by atoms with Crippen molar-refractivity contribution in [2.45, 2.75) is 26.6 Å². The van der Waals surface area contributed by atoms with Crippen molar-refractivity contribution in [1.82, 2.24) is 15.8 Å². The molecule has 0 radical (unpaired) electrons. The van der Waals surface area contributed by atoms with Gasteiger partial charge in [0, 0.05) is 7.05 Å². The molecule has 0 aromatic carbocycles. The summed E-state index contributed by atoms with van der Waals surface area (Å²) in [4.78, 5) is 7.45. The van der Waals surface area contributed by atoms with Gasteiger partial charge in [-0.05, 0) is 31.0 Å². The first-order valence-corrected chi connectivity index (χ1v) is 5.52. The summed E-state index contributed by atoms with van der Waals surface area (Å²) in [5.74, 6) is 0.396. The number of nitrogen functional groups attached to an aromatic ring is 1. The number of aromatic nitrogens is 1.